The quantitative estimate of drug-likeness (QED) is 0.844. The summed E-state index contributed by atoms with van der Waals surface area (Å²) in [6, 6.07) is 8.21. The Balaban J connectivity index is 1.47. The monoisotopic (exact) mass is 400 g/mol. The predicted molar refractivity (Wildman–Crippen MR) is 111 cm³/mol. The first-order chi connectivity index (χ1) is 14.0. The van der Waals surface area contributed by atoms with Crippen molar-refractivity contribution in [2.45, 2.75) is 58.2 Å². The number of nitrogens with zero attached hydrogens (tertiary/aromatic N) is 2. The van der Waals surface area contributed by atoms with Crippen molar-refractivity contribution in [2.24, 2.45) is 16.5 Å². The Kier molecular flexibility index (Phi) is 5.93. The smallest absolute Gasteiger partial charge is 0.229 e. The van der Waals surface area contributed by atoms with Gasteiger partial charge in [0.25, 0.3) is 0 Å². The largest absolute Gasteiger partial charge is 0.393 e. The van der Waals surface area contributed by atoms with E-state index in [0.29, 0.717) is 39.1 Å². The minimum Gasteiger partial charge on any atom is -0.393 e. The molecular formula is C23H32N2O4. The molecule has 158 valence electrons. The van der Waals surface area contributed by atoms with E-state index in [0.717, 1.165) is 30.5 Å². The van der Waals surface area contributed by atoms with E-state index in [1.807, 2.05) is 24.0 Å². The van der Waals surface area contributed by atoms with Gasteiger partial charge in [-0.2, -0.15) is 0 Å². The highest BCUT2D eigenvalue weighted by atomic mass is 16.6. The van der Waals surface area contributed by atoms with E-state index in [2.05, 4.69) is 24.2 Å². The summed E-state index contributed by atoms with van der Waals surface area (Å²) in [5.41, 5.74) is 2.83. The third-order valence-electron chi connectivity index (χ3n) is 6.86. The molecule has 29 heavy (non-hydrogen) atoms. The molecule has 1 aromatic carbocycles. The number of carbonyl (C=O) groups excluding carboxylic acids is 1. The minimum absolute atomic E-state index is 0.0838. The molecule has 0 aliphatic carbocycles. The van der Waals surface area contributed by atoms with Gasteiger partial charge < -0.3 is 19.6 Å². The average Bonchev–Trinajstić information content (AvgIpc) is 3.18. The van der Waals surface area contributed by atoms with Crippen LogP contribution >= 0.6 is 0 Å². The third-order valence-corrected chi connectivity index (χ3v) is 6.86. The van der Waals surface area contributed by atoms with Gasteiger partial charge in [0.1, 0.15) is 6.10 Å². The molecule has 3 atom stereocenters. The highest BCUT2D eigenvalue weighted by molar-refractivity contribution is 6.02. The Hall–Kier alpha value is -1.92. The first-order valence-electron chi connectivity index (χ1n) is 10.8. The van der Waals surface area contributed by atoms with Gasteiger partial charge in [0.15, 0.2) is 0 Å². The number of hydrogen-bond acceptors (Lipinski definition) is 5. The van der Waals surface area contributed by atoms with Crippen molar-refractivity contribution in [1.29, 1.82) is 0 Å². The van der Waals surface area contributed by atoms with Crippen molar-refractivity contribution >= 4 is 11.6 Å². The number of piperidine rings is 1. The van der Waals surface area contributed by atoms with Gasteiger partial charge in [-0.1, -0.05) is 36.3 Å². The standard InChI is InChI=1S/C23H32N2O4/c1-16-5-3-4-6-19(16)20-13-18(29-24-20)14-23(8-11-28-12-9-23)22(27)25-10-7-21(26)17(2)15-25/h3-6,17-18,21,26H,7-15H2,1-2H3/t17-,18+,21-/m1/s1. The molecular weight excluding hydrogens is 368 g/mol. The van der Waals surface area contributed by atoms with Crippen molar-refractivity contribution in [1.82, 2.24) is 4.90 Å². The zero-order valence-electron chi connectivity index (χ0n) is 17.5. The molecule has 1 N–H and O–H groups in total. The lowest BCUT2D eigenvalue weighted by molar-refractivity contribution is -0.155. The number of oxime groups is 1. The molecule has 0 aromatic heterocycles. The molecule has 0 saturated carbocycles. The lowest BCUT2D eigenvalue weighted by atomic mass is 9.73. The topological polar surface area (TPSA) is 71.4 Å². The van der Waals surface area contributed by atoms with Crippen LogP contribution in [0.5, 0.6) is 0 Å². The molecule has 3 aliphatic rings. The Labute approximate surface area is 172 Å². The lowest BCUT2D eigenvalue weighted by Crippen LogP contribution is -2.53. The van der Waals surface area contributed by atoms with Crippen LogP contribution in [0.2, 0.25) is 0 Å². The average molecular weight is 401 g/mol. The molecule has 2 fully saturated rings. The van der Waals surface area contributed by atoms with Crippen molar-refractivity contribution in [3.8, 4) is 0 Å². The molecule has 0 spiro atoms. The fourth-order valence-corrected chi connectivity index (χ4v) is 4.95. The van der Waals surface area contributed by atoms with Crippen LogP contribution in [0.1, 0.15) is 50.2 Å². The number of aliphatic hydroxyl groups is 1. The summed E-state index contributed by atoms with van der Waals surface area (Å²) in [5, 5.41) is 14.4. The van der Waals surface area contributed by atoms with Crippen molar-refractivity contribution in [3.05, 3.63) is 35.4 Å². The van der Waals surface area contributed by atoms with E-state index < -0.39 is 5.41 Å². The fraction of sp³-hybridized carbons (Fsp3) is 0.652. The highest BCUT2D eigenvalue weighted by Gasteiger charge is 2.46. The van der Waals surface area contributed by atoms with Gasteiger partial charge in [0, 0.05) is 44.7 Å². The summed E-state index contributed by atoms with van der Waals surface area (Å²) in [6.07, 6.45) is 3.10. The maximum absolute atomic E-state index is 13.6. The normalized spacial score (nSPS) is 29.3. The van der Waals surface area contributed by atoms with Crippen LogP contribution in [0.3, 0.4) is 0 Å². The molecule has 6 heteroatoms. The number of aryl methyl sites for hydroxylation is 1. The maximum Gasteiger partial charge on any atom is 0.229 e. The highest BCUT2D eigenvalue weighted by Crippen LogP contribution is 2.41. The summed E-state index contributed by atoms with van der Waals surface area (Å²) < 4.78 is 5.59. The molecule has 1 aromatic rings. The van der Waals surface area contributed by atoms with E-state index in [1.165, 1.54) is 5.56 Å². The molecule has 0 bridgehead atoms. The van der Waals surface area contributed by atoms with E-state index in [9.17, 15) is 9.90 Å². The van der Waals surface area contributed by atoms with Crippen LogP contribution in [0.25, 0.3) is 0 Å². The number of likely N-dealkylation sites (tertiary alicyclic amines) is 1. The lowest BCUT2D eigenvalue weighted by Gasteiger charge is -2.43. The van der Waals surface area contributed by atoms with Crippen LogP contribution in [0.15, 0.2) is 29.4 Å². The second-order valence-corrected chi connectivity index (χ2v) is 8.97. The van der Waals surface area contributed by atoms with Crippen LogP contribution in [-0.4, -0.2) is 60.1 Å². The number of ether oxygens (including phenoxy) is 1. The fourth-order valence-electron chi connectivity index (χ4n) is 4.95. The summed E-state index contributed by atoms with van der Waals surface area (Å²) >= 11 is 0. The van der Waals surface area contributed by atoms with Crippen LogP contribution < -0.4 is 0 Å². The summed E-state index contributed by atoms with van der Waals surface area (Å²) in [7, 11) is 0. The second kappa shape index (κ2) is 8.44. The SMILES string of the molecule is Cc1ccccc1C1=NO[C@H](CC2(C(=O)N3CC[C@@H](O)[C@H](C)C3)CCOCC2)C1. The predicted octanol–water partition coefficient (Wildman–Crippen LogP) is 2.90. The summed E-state index contributed by atoms with van der Waals surface area (Å²) in [4.78, 5) is 21.4. The Morgan fingerprint density at radius 1 is 1.31 bits per heavy atom. The first-order valence-corrected chi connectivity index (χ1v) is 10.8. The van der Waals surface area contributed by atoms with Crippen molar-refractivity contribution in [3.63, 3.8) is 0 Å². The van der Waals surface area contributed by atoms with Gasteiger partial charge in [0.2, 0.25) is 5.91 Å². The van der Waals surface area contributed by atoms with Gasteiger partial charge in [0.05, 0.1) is 17.2 Å². The van der Waals surface area contributed by atoms with Crippen molar-refractivity contribution < 1.29 is 19.5 Å². The van der Waals surface area contributed by atoms with Gasteiger partial charge in [-0.25, -0.2) is 0 Å². The second-order valence-electron chi connectivity index (χ2n) is 8.97. The van der Waals surface area contributed by atoms with Crippen LogP contribution in [0.4, 0.5) is 0 Å². The van der Waals surface area contributed by atoms with E-state index in [4.69, 9.17) is 9.57 Å². The zero-order valence-corrected chi connectivity index (χ0v) is 17.5. The summed E-state index contributed by atoms with van der Waals surface area (Å²) in [5.74, 6) is 0.316. The summed E-state index contributed by atoms with van der Waals surface area (Å²) in [6.45, 7) is 6.57. The van der Waals surface area contributed by atoms with Gasteiger partial charge in [-0.05, 0) is 37.7 Å². The van der Waals surface area contributed by atoms with Gasteiger partial charge in [-0.3, -0.25) is 4.79 Å². The van der Waals surface area contributed by atoms with Crippen molar-refractivity contribution in [2.75, 3.05) is 26.3 Å². The zero-order chi connectivity index (χ0) is 20.4. The van der Waals surface area contributed by atoms with Crippen LogP contribution in [0, 0.1) is 18.3 Å². The molecule has 6 nitrogen and oxygen atoms in total. The number of benzene rings is 1. The molecule has 4 rings (SSSR count). The number of aliphatic hydroxyl groups excluding tert-OH is 1. The third kappa shape index (κ3) is 4.19. The first kappa shape index (κ1) is 20.4. The Morgan fingerprint density at radius 3 is 2.79 bits per heavy atom. The van der Waals surface area contributed by atoms with Gasteiger partial charge >= 0.3 is 0 Å². The van der Waals surface area contributed by atoms with Gasteiger partial charge in [-0.15, -0.1) is 0 Å². The minimum atomic E-state index is -0.457. The van der Waals surface area contributed by atoms with E-state index in [1.54, 1.807) is 0 Å². The maximum atomic E-state index is 13.6. The Morgan fingerprint density at radius 2 is 2.07 bits per heavy atom. The van der Waals surface area contributed by atoms with E-state index in [-0.39, 0.29) is 24.0 Å². The molecule has 3 aliphatic heterocycles. The number of carbonyl (C=O) groups is 1. The molecule has 2 saturated heterocycles. The Bertz CT molecular complexity index is 772. The van der Waals surface area contributed by atoms with E-state index >= 15 is 0 Å². The molecule has 3 heterocycles. The number of amides is 1. The molecule has 0 unspecified atom stereocenters. The molecule has 1 amide bonds. The number of rotatable bonds is 4. The number of hydrogen-bond donors (Lipinski definition) is 1. The molecule has 0 radical (unpaired) electrons. The van der Waals surface area contributed by atoms with Crippen LogP contribution in [-0.2, 0) is 14.4 Å².